The summed E-state index contributed by atoms with van der Waals surface area (Å²) in [5.74, 6) is -2.10. The standard InChI is InChI=1S/C24H30F2N2O6S2/c1-15(2)34-22-7-6-17(35(5,30)31)12-18(22)24(29)28-10-8-27(9-11-28)21-13-20(26)23(14-19(21)25)36(32,33)16(3)4/h6-7,12-16H,8-11H2,1-5H3. The van der Waals surface area contributed by atoms with E-state index in [1.165, 1.54) is 41.8 Å². The Hall–Kier alpha value is -2.73. The first-order valence-electron chi connectivity index (χ1n) is 11.4. The van der Waals surface area contributed by atoms with Gasteiger partial charge in [-0.25, -0.2) is 25.6 Å². The molecule has 1 fully saturated rings. The summed E-state index contributed by atoms with van der Waals surface area (Å²) in [4.78, 5) is 15.6. The molecule has 0 radical (unpaired) electrons. The number of ether oxygens (including phenoxy) is 1. The second-order valence-corrected chi connectivity index (χ2v) is 13.7. The molecule has 0 saturated carbocycles. The summed E-state index contributed by atoms with van der Waals surface area (Å²) >= 11 is 0. The van der Waals surface area contributed by atoms with Crippen molar-refractivity contribution < 1.29 is 35.1 Å². The Morgan fingerprint density at radius 1 is 0.917 bits per heavy atom. The maximum atomic E-state index is 14.8. The number of hydrogen-bond donors (Lipinski definition) is 0. The maximum absolute atomic E-state index is 14.8. The lowest BCUT2D eigenvalue weighted by molar-refractivity contribution is 0.0740. The van der Waals surface area contributed by atoms with Crippen LogP contribution in [-0.2, 0) is 19.7 Å². The van der Waals surface area contributed by atoms with Gasteiger partial charge < -0.3 is 14.5 Å². The van der Waals surface area contributed by atoms with Crippen molar-refractivity contribution in [1.29, 1.82) is 0 Å². The maximum Gasteiger partial charge on any atom is 0.257 e. The van der Waals surface area contributed by atoms with Gasteiger partial charge in [-0.2, -0.15) is 0 Å². The molecule has 2 aromatic rings. The topological polar surface area (TPSA) is 101 Å². The van der Waals surface area contributed by atoms with Gasteiger partial charge in [0.2, 0.25) is 0 Å². The predicted molar refractivity (Wildman–Crippen MR) is 132 cm³/mol. The normalized spacial score (nSPS) is 15.0. The van der Waals surface area contributed by atoms with E-state index in [1.54, 1.807) is 13.8 Å². The van der Waals surface area contributed by atoms with Crippen molar-refractivity contribution in [3.8, 4) is 5.75 Å². The lowest BCUT2D eigenvalue weighted by Crippen LogP contribution is -2.49. The van der Waals surface area contributed by atoms with Crippen LogP contribution in [0.4, 0.5) is 14.5 Å². The van der Waals surface area contributed by atoms with E-state index in [0.717, 1.165) is 12.3 Å². The molecule has 0 atom stereocenters. The molecule has 1 saturated heterocycles. The van der Waals surface area contributed by atoms with Crippen molar-refractivity contribution in [2.75, 3.05) is 37.3 Å². The van der Waals surface area contributed by atoms with Crippen molar-refractivity contribution in [2.24, 2.45) is 0 Å². The number of anilines is 1. The first kappa shape index (κ1) is 27.9. The summed E-state index contributed by atoms with van der Waals surface area (Å²) in [5.41, 5.74) is 0.00533. The smallest absolute Gasteiger partial charge is 0.257 e. The van der Waals surface area contributed by atoms with Crippen LogP contribution in [0.1, 0.15) is 38.1 Å². The molecule has 0 unspecified atom stereocenters. The molecule has 0 N–H and O–H groups in total. The molecule has 1 aliphatic rings. The number of piperazine rings is 1. The third kappa shape index (κ3) is 5.80. The number of amides is 1. The molecule has 2 aromatic carbocycles. The molecular weight excluding hydrogens is 514 g/mol. The van der Waals surface area contributed by atoms with E-state index in [0.29, 0.717) is 6.07 Å². The van der Waals surface area contributed by atoms with Crippen LogP contribution in [0.15, 0.2) is 40.1 Å². The van der Waals surface area contributed by atoms with Gasteiger partial charge in [-0.3, -0.25) is 4.79 Å². The minimum absolute atomic E-state index is 0.0189. The fraction of sp³-hybridized carbons (Fsp3) is 0.458. The molecular formula is C24H30F2N2O6S2. The summed E-state index contributed by atoms with van der Waals surface area (Å²) < 4.78 is 83.9. The first-order valence-corrected chi connectivity index (χ1v) is 14.8. The number of hydrogen-bond acceptors (Lipinski definition) is 7. The average molecular weight is 545 g/mol. The summed E-state index contributed by atoms with van der Waals surface area (Å²) in [6.45, 7) is 6.95. The zero-order valence-electron chi connectivity index (χ0n) is 20.8. The van der Waals surface area contributed by atoms with Crippen LogP contribution in [0.5, 0.6) is 5.75 Å². The van der Waals surface area contributed by atoms with Crippen LogP contribution in [0.25, 0.3) is 0 Å². The van der Waals surface area contributed by atoms with Gasteiger partial charge in [-0.15, -0.1) is 0 Å². The van der Waals surface area contributed by atoms with Gasteiger partial charge in [0, 0.05) is 38.5 Å². The molecule has 3 rings (SSSR count). The Morgan fingerprint density at radius 3 is 2.06 bits per heavy atom. The quantitative estimate of drug-likeness (QED) is 0.527. The highest BCUT2D eigenvalue weighted by Crippen LogP contribution is 2.30. The number of carbonyl (C=O) groups is 1. The van der Waals surface area contributed by atoms with E-state index in [9.17, 15) is 30.4 Å². The Morgan fingerprint density at radius 2 is 1.53 bits per heavy atom. The molecule has 8 nitrogen and oxygen atoms in total. The molecule has 0 bridgehead atoms. The highest BCUT2D eigenvalue weighted by atomic mass is 32.2. The largest absolute Gasteiger partial charge is 0.490 e. The predicted octanol–water partition coefficient (Wildman–Crippen LogP) is 3.30. The lowest BCUT2D eigenvalue weighted by atomic mass is 10.1. The van der Waals surface area contributed by atoms with E-state index < -0.39 is 47.4 Å². The number of benzene rings is 2. The van der Waals surface area contributed by atoms with Crippen LogP contribution in [0, 0.1) is 11.6 Å². The van der Waals surface area contributed by atoms with Gasteiger partial charge in [0.1, 0.15) is 22.3 Å². The summed E-state index contributed by atoms with van der Waals surface area (Å²) in [6.07, 6.45) is 0.793. The number of nitrogens with zero attached hydrogens (tertiary/aromatic N) is 2. The molecule has 1 amide bonds. The number of sulfone groups is 2. The van der Waals surface area contributed by atoms with E-state index in [2.05, 4.69) is 0 Å². The Balaban J connectivity index is 1.83. The molecule has 1 heterocycles. The van der Waals surface area contributed by atoms with Crippen molar-refractivity contribution in [3.63, 3.8) is 0 Å². The molecule has 1 aliphatic heterocycles. The highest BCUT2D eigenvalue weighted by molar-refractivity contribution is 7.92. The zero-order chi connectivity index (χ0) is 27.0. The molecule has 0 spiro atoms. The van der Waals surface area contributed by atoms with Crippen LogP contribution in [0.2, 0.25) is 0 Å². The van der Waals surface area contributed by atoms with Gasteiger partial charge in [-0.1, -0.05) is 0 Å². The van der Waals surface area contributed by atoms with Crippen LogP contribution in [-0.4, -0.2) is 71.4 Å². The summed E-state index contributed by atoms with van der Waals surface area (Å²) in [6, 6.07) is 5.67. The molecule has 12 heteroatoms. The second-order valence-electron chi connectivity index (χ2n) is 9.20. The SMILES string of the molecule is CC(C)Oc1ccc(S(C)(=O)=O)cc1C(=O)N1CCN(c2cc(F)c(S(=O)(=O)C(C)C)cc2F)CC1. The van der Waals surface area contributed by atoms with Crippen LogP contribution in [0.3, 0.4) is 0 Å². The van der Waals surface area contributed by atoms with Crippen LogP contribution >= 0.6 is 0 Å². The summed E-state index contributed by atoms with van der Waals surface area (Å²) in [7, 11) is -7.56. The Labute approximate surface area is 210 Å². The van der Waals surface area contributed by atoms with Crippen molar-refractivity contribution in [2.45, 2.75) is 48.8 Å². The van der Waals surface area contributed by atoms with Crippen molar-refractivity contribution >= 4 is 31.3 Å². The zero-order valence-corrected chi connectivity index (χ0v) is 22.4. The van der Waals surface area contributed by atoms with Gasteiger partial charge in [0.25, 0.3) is 5.91 Å². The van der Waals surface area contributed by atoms with E-state index in [-0.39, 0.29) is 54.2 Å². The minimum Gasteiger partial charge on any atom is -0.490 e. The molecule has 36 heavy (non-hydrogen) atoms. The second kappa shape index (κ2) is 10.3. The molecule has 198 valence electrons. The Kier molecular flexibility index (Phi) is 7.99. The third-order valence-corrected chi connectivity index (χ3v) is 9.09. The highest BCUT2D eigenvalue weighted by Gasteiger charge is 2.30. The van der Waals surface area contributed by atoms with Gasteiger partial charge in [0.15, 0.2) is 19.7 Å². The number of halogens is 2. The van der Waals surface area contributed by atoms with E-state index in [4.69, 9.17) is 4.74 Å². The number of rotatable bonds is 7. The van der Waals surface area contributed by atoms with Crippen LogP contribution < -0.4 is 9.64 Å². The van der Waals surface area contributed by atoms with Crippen molar-refractivity contribution in [1.82, 2.24) is 4.90 Å². The van der Waals surface area contributed by atoms with Crippen molar-refractivity contribution in [3.05, 3.63) is 47.5 Å². The summed E-state index contributed by atoms with van der Waals surface area (Å²) in [5, 5.41) is -0.905. The minimum atomic E-state index is -4.00. The first-order chi connectivity index (χ1) is 16.6. The van der Waals surface area contributed by atoms with E-state index >= 15 is 0 Å². The van der Waals surface area contributed by atoms with Gasteiger partial charge in [-0.05, 0) is 52.0 Å². The van der Waals surface area contributed by atoms with Gasteiger partial charge in [0.05, 0.1) is 27.5 Å². The fourth-order valence-corrected chi connectivity index (χ4v) is 5.57. The lowest BCUT2D eigenvalue weighted by Gasteiger charge is -2.36. The monoisotopic (exact) mass is 544 g/mol. The molecule has 0 aliphatic carbocycles. The molecule has 0 aromatic heterocycles. The van der Waals surface area contributed by atoms with E-state index in [1.807, 2.05) is 0 Å². The fourth-order valence-electron chi connectivity index (χ4n) is 3.82. The third-order valence-electron chi connectivity index (χ3n) is 5.81. The Bertz CT molecular complexity index is 1370. The average Bonchev–Trinajstić information content (AvgIpc) is 2.79. The number of carbonyl (C=O) groups excluding carboxylic acids is 1. The van der Waals surface area contributed by atoms with Gasteiger partial charge >= 0.3 is 0 Å².